The van der Waals surface area contributed by atoms with E-state index in [0.29, 0.717) is 25.9 Å². The molecular formula is C19H20N4O4S. The summed E-state index contributed by atoms with van der Waals surface area (Å²) in [5, 5.41) is 17.8. The highest BCUT2D eigenvalue weighted by Gasteiger charge is 2.33. The number of fused-ring (bicyclic) bond motifs is 1. The third kappa shape index (κ3) is 3.16. The standard InChI is InChI=1S/C19H20N4O4S/c1-13-6-7-17-16(12-13)20-21-23(17)14-8-10-22(11-9-14)28(26,27)18-5-3-2-4-15(18)19(24)25/h2-7,12,14H,8-11H2,1H3,(H,24,25). The van der Waals surface area contributed by atoms with Crippen molar-refractivity contribution in [3.63, 3.8) is 0 Å². The van der Waals surface area contributed by atoms with Gasteiger partial charge in [-0.15, -0.1) is 5.10 Å². The number of hydrogen-bond acceptors (Lipinski definition) is 5. The minimum Gasteiger partial charge on any atom is -0.478 e. The molecule has 0 amide bonds. The van der Waals surface area contributed by atoms with Crippen molar-refractivity contribution in [2.45, 2.75) is 30.7 Å². The van der Waals surface area contributed by atoms with E-state index in [9.17, 15) is 18.3 Å². The van der Waals surface area contributed by atoms with E-state index in [1.165, 1.54) is 28.6 Å². The molecule has 8 nitrogen and oxygen atoms in total. The van der Waals surface area contributed by atoms with Crippen LogP contribution in [0.5, 0.6) is 0 Å². The number of piperidine rings is 1. The van der Waals surface area contributed by atoms with Crippen LogP contribution >= 0.6 is 0 Å². The fraction of sp³-hybridized carbons (Fsp3) is 0.316. The summed E-state index contributed by atoms with van der Waals surface area (Å²) in [5.74, 6) is -1.25. The fourth-order valence-electron chi connectivity index (χ4n) is 3.66. The Morgan fingerprint density at radius 2 is 1.86 bits per heavy atom. The molecule has 1 aliphatic heterocycles. The van der Waals surface area contributed by atoms with Crippen LogP contribution < -0.4 is 0 Å². The van der Waals surface area contributed by atoms with Crippen LogP contribution in [0.25, 0.3) is 11.0 Å². The van der Waals surface area contributed by atoms with Crippen LogP contribution in [-0.4, -0.2) is 51.9 Å². The van der Waals surface area contributed by atoms with Gasteiger partial charge in [-0.3, -0.25) is 0 Å². The highest BCUT2D eigenvalue weighted by molar-refractivity contribution is 7.89. The van der Waals surface area contributed by atoms with Crippen molar-refractivity contribution in [2.24, 2.45) is 0 Å². The molecule has 0 atom stereocenters. The molecule has 0 spiro atoms. The van der Waals surface area contributed by atoms with Crippen LogP contribution in [0.2, 0.25) is 0 Å². The highest BCUT2D eigenvalue weighted by Crippen LogP contribution is 2.29. The summed E-state index contributed by atoms with van der Waals surface area (Å²) < 4.78 is 29.2. The predicted octanol–water partition coefficient (Wildman–Crippen LogP) is 2.46. The number of carbonyl (C=O) groups is 1. The minimum absolute atomic E-state index is 0.0499. The van der Waals surface area contributed by atoms with E-state index in [0.717, 1.165) is 16.6 Å². The van der Waals surface area contributed by atoms with Crippen LogP contribution in [0.4, 0.5) is 0 Å². The van der Waals surface area contributed by atoms with E-state index in [2.05, 4.69) is 10.3 Å². The minimum atomic E-state index is -3.87. The molecule has 0 bridgehead atoms. The number of nitrogens with zero attached hydrogens (tertiary/aromatic N) is 4. The lowest BCUT2D eigenvalue weighted by atomic mass is 10.1. The molecule has 0 saturated carbocycles. The third-order valence-corrected chi connectivity index (χ3v) is 7.09. The van der Waals surface area contributed by atoms with Crippen molar-refractivity contribution in [2.75, 3.05) is 13.1 Å². The summed E-state index contributed by atoms with van der Waals surface area (Å²) in [4.78, 5) is 11.2. The maximum Gasteiger partial charge on any atom is 0.337 e. The quantitative estimate of drug-likeness (QED) is 0.721. The molecule has 0 unspecified atom stereocenters. The zero-order chi connectivity index (χ0) is 19.9. The van der Waals surface area contributed by atoms with Crippen LogP contribution in [0, 0.1) is 6.92 Å². The molecule has 28 heavy (non-hydrogen) atoms. The topological polar surface area (TPSA) is 105 Å². The Bertz CT molecular complexity index is 1150. The van der Waals surface area contributed by atoms with Gasteiger partial charge in [-0.2, -0.15) is 4.31 Å². The zero-order valence-electron chi connectivity index (χ0n) is 15.3. The molecule has 0 radical (unpaired) electrons. The van der Waals surface area contributed by atoms with Gasteiger partial charge in [0.05, 0.1) is 22.0 Å². The molecule has 1 fully saturated rings. The molecule has 1 aromatic heterocycles. The summed E-state index contributed by atoms with van der Waals surface area (Å²) in [5.41, 5.74) is 2.66. The van der Waals surface area contributed by atoms with Crippen molar-refractivity contribution >= 4 is 27.0 Å². The average molecular weight is 400 g/mol. The van der Waals surface area contributed by atoms with Crippen molar-refractivity contribution in [1.29, 1.82) is 0 Å². The van der Waals surface area contributed by atoms with Gasteiger partial charge < -0.3 is 5.11 Å². The number of aromatic nitrogens is 3. The normalized spacial score (nSPS) is 16.5. The second-order valence-corrected chi connectivity index (χ2v) is 8.87. The SMILES string of the molecule is Cc1ccc2c(c1)nnn2C1CCN(S(=O)(=O)c2ccccc2C(=O)O)CC1. The Morgan fingerprint density at radius 1 is 1.14 bits per heavy atom. The maximum atomic E-state index is 13.0. The Morgan fingerprint density at radius 3 is 2.57 bits per heavy atom. The first-order chi connectivity index (χ1) is 13.4. The van der Waals surface area contributed by atoms with Gasteiger partial charge in [-0.25, -0.2) is 17.9 Å². The van der Waals surface area contributed by atoms with Crippen LogP contribution in [0.1, 0.15) is 34.8 Å². The zero-order valence-corrected chi connectivity index (χ0v) is 16.1. The smallest absolute Gasteiger partial charge is 0.337 e. The van der Waals surface area contributed by atoms with Crippen molar-refractivity contribution in [3.8, 4) is 0 Å². The van der Waals surface area contributed by atoms with E-state index < -0.39 is 16.0 Å². The molecule has 4 rings (SSSR count). The number of rotatable bonds is 4. The van der Waals surface area contributed by atoms with Gasteiger partial charge >= 0.3 is 5.97 Å². The lowest BCUT2D eigenvalue weighted by Crippen LogP contribution is -2.39. The van der Waals surface area contributed by atoms with E-state index in [1.807, 2.05) is 29.8 Å². The Kier molecular flexibility index (Phi) is 4.64. The molecule has 1 aliphatic rings. The number of aromatic carboxylic acids is 1. The first-order valence-corrected chi connectivity index (χ1v) is 10.5. The lowest BCUT2D eigenvalue weighted by molar-refractivity contribution is 0.0692. The Labute approximate surface area is 162 Å². The molecule has 1 N–H and O–H groups in total. The summed E-state index contributed by atoms with van der Waals surface area (Å²) in [7, 11) is -3.87. The van der Waals surface area contributed by atoms with Crippen molar-refractivity contribution in [3.05, 3.63) is 53.6 Å². The van der Waals surface area contributed by atoms with Crippen LogP contribution in [-0.2, 0) is 10.0 Å². The third-order valence-electron chi connectivity index (χ3n) is 5.13. The van der Waals surface area contributed by atoms with Crippen molar-refractivity contribution in [1.82, 2.24) is 19.3 Å². The van der Waals surface area contributed by atoms with Crippen molar-refractivity contribution < 1.29 is 18.3 Å². The van der Waals surface area contributed by atoms with Gasteiger partial charge in [-0.1, -0.05) is 23.4 Å². The first-order valence-electron chi connectivity index (χ1n) is 9.02. The average Bonchev–Trinajstić information content (AvgIpc) is 3.11. The molecule has 9 heteroatoms. The molecule has 3 aromatic rings. The monoisotopic (exact) mass is 400 g/mol. The summed E-state index contributed by atoms with van der Waals surface area (Å²) >= 11 is 0. The van der Waals surface area contributed by atoms with E-state index >= 15 is 0 Å². The number of sulfonamides is 1. The van der Waals surface area contributed by atoms with Crippen LogP contribution in [0.15, 0.2) is 47.4 Å². The molecule has 2 heterocycles. The van der Waals surface area contributed by atoms with Gasteiger partial charge in [0.15, 0.2) is 0 Å². The van der Waals surface area contributed by atoms with Crippen LogP contribution in [0.3, 0.4) is 0 Å². The molecule has 0 aliphatic carbocycles. The number of carboxylic acid groups (broad SMARTS) is 1. The molecular weight excluding hydrogens is 380 g/mol. The molecule has 2 aromatic carbocycles. The van der Waals surface area contributed by atoms with E-state index in [4.69, 9.17) is 0 Å². The molecule has 146 valence electrons. The summed E-state index contributed by atoms with van der Waals surface area (Å²) in [6.45, 7) is 2.60. The number of aryl methyl sites for hydroxylation is 1. The fourth-order valence-corrected chi connectivity index (χ4v) is 5.31. The van der Waals surface area contributed by atoms with Gasteiger partial charge in [0.2, 0.25) is 10.0 Å². The van der Waals surface area contributed by atoms with Gasteiger partial charge in [0.25, 0.3) is 0 Å². The summed E-state index contributed by atoms with van der Waals surface area (Å²) in [6, 6.07) is 11.7. The van der Waals surface area contributed by atoms with Gasteiger partial charge in [-0.05, 0) is 49.6 Å². The Balaban J connectivity index is 1.56. The largest absolute Gasteiger partial charge is 0.478 e. The number of carboxylic acids is 1. The van der Waals surface area contributed by atoms with E-state index in [-0.39, 0.29) is 16.5 Å². The van der Waals surface area contributed by atoms with Gasteiger partial charge in [0, 0.05) is 13.1 Å². The Hall–Kier alpha value is -2.78. The van der Waals surface area contributed by atoms with E-state index in [1.54, 1.807) is 0 Å². The second-order valence-electron chi connectivity index (χ2n) is 6.96. The number of hydrogen-bond donors (Lipinski definition) is 1. The lowest BCUT2D eigenvalue weighted by Gasteiger charge is -2.31. The summed E-state index contributed by atoms with van der Waals surface area (Å²) in [6.07, 6.45) is 1.17. The molecule has 1 saturated heterocycles. The predicted molar refractivity (Wildman–Crippen MR) is 103 cm³/mol. The highest BCUT2D eigenvalue weighted by atomic mass is 32.2. The maximum absolute atomic E-state index is 13.0. The first kappa shape index (κ1) is 18.6. The second kappa shape index (κ2) is 6.99. The number of benzene rings is 2. The van der Waals surface area contributed by atoms with Gasteiger partial charge in [0.1, 0.15) is 5.52 Å².